The molecule has 8 nitrogen and oxygen atoms in total. The number of fused-ring (bicyclic) bond motifs is 1. The molecule has 0 atom stereocenters. The second kappa shape index (κ2) is 9.05. The topological polar surface area (TPSA) is 95.1 Å². The van der Waals surface area contributed by atoms with Gasteiger partial charge in [-0.1, -0.05) is 47.6 Å². The van der Waals surface area contributed by atoms with E-state index in [1.807, 2.05) is 61.1 Å². The quantitative estimate of drug-likeness (QED) is 0.470. The molecule has 2 aromatic carbocycles. The molecular formula is C25H27N5O3. The Morgan fingerprint density at radius 1 is 1.15 bits per heavy atom. The SMILES string of the molecule is Cc1nn(C)c2cc(-c3noc(C4CCC(NC(=O)OCc5ccccc5)CC4)n3)ccc12. The molecule has 2 aromatic heterocycles. The van der Waals surface area contributed by atoms with Crippen molar-refractivity contribution in [3.8, 4) is 11.4 Å². The lowest BCUT2D eigenvalue weighted by atomic mass is 9.86. The number of carbonyl (C=O) groups excluding carboxylic acids is 1. The summed E-state index contributed by atoms with van der Waals surface area (Å²) in [6.45, 7) is 2.28. The zero-order chi connectivity index (χ0) is 22.8. The minimum Gasteiger partial charge on any atom is -0.445 e. The van der Waals surface area contributed by atoms with Crippen molar-refractivity contribution in [2.45, 2.75) is 51.2 Å². The number of ether oxygens (including phenoxy) is 1. The maximum Gasteiger partial charge on any atom is 0.407 e. The summed E-state index contributed by atoms with van der Waals surface area (Å²) in [5.74, 6) is 1.46. The van der Waals surface area contributed by atoms with Gasteiger partial charge in [0.1, 0.15) is 6.61 Å². The minimum absolute atomic E-state index is 0.0994. The van der Waals surface area contributed by atoms with Crippen LogP contribution in [-0.2, 0) is 18.4 Å². The number of carbonyl (C=O) groups is 1. The Morgan fingerprint density at radius 3 is 2.73 bits per heavy atom. The molecule has 8 heteroatoms. The molecule has 1 N–H and O–H groups in total. The van der Waals surface area contributed by atoms with E-state index in [1.54, 1.807) is 0 Å². The molecule has 1 aliphatic rings. The highest BCUT2D eigenvalue weighted by molar-refractivity contribution is 5.85. The number of alkyl carbamates (subject to hydrolysis) is 1. The van der Waals surface area contributed by atoms with Crippen molar-refractivity contribution in [2.75, 3.05) is 0 Å². The van der Waals surface area contributed by atoms with Crippen LogP contribution in [0.5, 0.6) is 0 Å². The minimum atomic E-state index is -0.372. The fourth-order valence-corrected chi connectivity index (χ4v) is 4.51. The Morgan fingerprint density at radius 2 is 1.94 bits per heavy atom. The summed E-state index contributed by atoms with van der Waals surface area (Å²) in [6.07, 6.45) is 3.09. The van der Waals surface area contributed by atoms with Crippen molar-refractivity contribution >= 4 is 17.0 Å². The molecule has 1 amide bonds. The molecule has 0 spiro atoms. The predicted molar refractivity (Wildman–Crippen MR) is 124 cm³/mol. The second-order valence-corrected chi connectivity index (χ2v) is 8.65. The molecule has 5 rings (SSSR count). The third-order valence-corrected chi connectivity index (χ3v) is 6.35. The smallest absolute Gasteiger partial charge is 0.407 e. The van der Waals surface area contributed by atoms with Crippen LogP contribution in [0.25, 0.3) is 22.3 Å². The Kier molecular flexibility index (Phi) is 5.81. The van der Waals surface area contributed by atoms with Gasteiger partial charge in [-0.2, -0.15) is 10.1 Å². The Hall–Kier alpha value is -3.68. The largest absolute Gasteiger partial charge is 0.445 e. The first-order valence-electron chi connectivity index (χ1n) is 11.3. The van der Waals surface area contributed by atoms with Crippen molar-refractivity contribution in [3.63, 3.8) is 0 Å². The monoisotopic (exact) mass is 445 g/mol. The maximum absolute atomic E-state index is 12.1. The van der Waals surface area contributed by atoms with Gasteiger partial charge in [-0.3, -0.25) is 4.68 Å². The highest BCUT2D eigenvalue weighted by atomic mass is 16.5. The number of aromatic nitrogens is 4. The van der Waals surface area contributed by atoms with Crippen LogP contribution in [0.2, 0.25) is 0 Å². The number of nitrogens with zero attached hydrogens (tertiary/aromatic N) is 4. The highest BCUT2D eigenvalue weighted by Gasteiger charge is 2.28. The molecule has 2 heterocycles. The summed E-state index contributed by atoms with van der Waals surface area (Å²) in [7, 11) is 1.94. The summed E-state index contributed by atoms with van der Waals surface area (Å²) in [5, 5.41) is 12.8. The first kappa shape index (κ1) is 21.2. The van der Waals surface area contributed by atoms with Crippen LogP contribution in [0.4, 0.5) is 4.79 Å². The second-order valence-electron chi connectivity index (χ2n) is 8.65. The summed E-state index contributed by atoms with van der Waals surface area (Å²) in [4.78, 5) is 16.8. The van der Waals surface area contributed by atoms with E-state index in [4.69, 9.17) is 9.26 Å². The first-order chi connectivity index (χ1) is 16.1. The number of hydrogen-bond acceptors (Lipinski definition) is 6. The maximum atomic E-state index is 12.1. The van der Waals surface area contributed by atoms with E-state index in [-0.39, 0.29) is 24.7 Å². The van der Waals surface area contributed by atoms with Gasteiger partial charge in [0.2, 0.25) is 11.7 Å². The zero-order valence-electron chi connectivity index (χ0n) is 18.8. The molecule has 0 unspecified atom stereocenters. The van der Waals surface area contributed by atoms with E-state index in [9.17, 15) is 4.79 Å². The lowest BCUT2D eigenvalue weighted by Gasteiger charge is -2.26. The van der Waals surface area contributed by atoms with Crippen molar-refractivity contribution in [1.82, 2.24) is 25.2 Å². The number of benzene rings is 2. The molecule has 1 fully saturated rings. The molecule has 0 aliphatic heterocycles. The summed E-state index contributed by atoms with van der Waals surface area (Å²) in [6, 6.07) is 15.9. The lowest BCUT2D eigenvalue weighted by molar-refractivity contribution is 0.132. The van der Waals surface area contributed by atoms with Crippen LogP contribution >= 0.6 is 0 Å². The van der Waals surface area contributed by atoms with Crippen LogP contribution < -0.4 is 5.32 Å². The third-order valence-electron chi connectivity index (χ3n) is 6.35. The number of rotatable bonds is 5. The van der Waals surface area contributed by atoms with Crippen LogP contribution in [0.15, 0.2) is 53.1 Å². The van der Waals surface area contributed by atoms with Crippen LogP contribution in [0.3, 0.4) is 0 Å². The highest BCUT2D eigenvalue weighted by Crippen LogP contribution is 2.33. The zero-order valence-corrected chi connectivity index (χ0v) is 18.8. The summed E-state index contributed by atoms with van der Waals surface area (Å²) in [5.41, 5.74) is 3.93. The fraction of sp³-hybridized carbons (Fsp3) is 0.360. The molecule has 0 radical (unpaired) electrons. The Balaban J connectivity index is 1.16. The number of aryl methyl sites for hydroxylation is 2. The fourth-order valence-electron chi connectivity index (χ4n) is 4.51. The van der Waals surface area contributed by atoms with Gasteiger partial charge >= 0.3 is 6.09 Å². The normalized spacial score (nSPS) is 18.4. The van der Waals surface area contributed by atoms with Gasteiger partial charge in [0.05, 0.1) is 11.2 Å². The van der Waals surface area contributed by atoms with E-state index in [2.05, 4.69) is 26.6 Å². The molecule has 170 valence electrons. The van der Waals surface area contributed by atoms with Gasteiger partial charge in [-0.25, -0.2) is 4.79 Å². The molecule has 0 bridgehead atoms. The molecular weight excluding hydrogens is 418 g/mol. The van der Waals surface area contributed by atoms with Crippen LogP contribution in [0, 0.1) is 6.92 Å². The molecule has 0 saturated heterocycles. The van der Waals surface area contributed by atoms with E-state index in [0.717, 1.165) is 53.4 Å². The van der Waals surface area contributed by atoms with Crippen molar-refractivity contribution in [1.29, 1.82) is 0 Å². The van der Waals surface area contributed by atoms with Crippen LogP contribution in [-0.4, -0.2) is 32.1 Å². The molecule has 1 saturated carbocycles. The summed E-state index contributed by atoms with van der Waals surface area (Å²) < 4.78 is 12.8. The average Bonchev–Trinajstić information content (AvgIpc) is 3.44. The number of hydrogen-bond donors (Lipinski definition) is 1. The van der Waals surface area contributed by atoms with Gasteiger partial charge < -0.3 is 14.6 Å². The molecule has 1 aliphatic carbocycles. The van der Waals surface area contributed by atoms with Gasteiger partial charge in [0.15, 0.2) is 0 Å². The van der Waals surface area contributed by atoms with E-state index in [0.29, 0.717) is 11.7 Å². The average molecular weight is 446 g/mol. The standard InChI is InChI=1S/C25H27N5O3/c1-16-21-13-10-19(14-22(21)30(2)28-16)23-27-24(33-29-23)18-8-11-20(12-9-18)26-25(31)32-15-17-6-4-3-5-7-17/h3-7,10,13-14,18,20H,8-9,11-12,15H2,1-2H3,(H,26,31). The van der Waals surface area contributed by atoms with E-state index in [1.165, 1.54) is 0 Å². The lowest BCUT2D eigenvalue weighted by Crippen LogP contribution is -2.37. The number of nitrogens with one attached hydrogen (secondary N) is 1. The third kappa shape index (κ3) is 4.60. The Labute approximate surface area is 191 Å². The van der Waals surface area contributed by atoms with E-state index >= 15 is 0 Å². The number of amides is 1. The van der Waals surface area contributed by atoms with Gasteiger partial charge in [-0.05, 0) is 44.2 Å². The Bertz CT molecular complexity index is 1260. The molecule has 33 heavy (non-hydrogen) atoms. The van der Waals surface area contributed by atoms with Gasteiger partial charge in [-0.15, -0.1) is 0 Å². The molecule has 4 aromatic rings. The van der Waals surface area contributed by atoms with Gasteiger partial charge in [0.25, 0.3) is 0 Å². The van der Waals surface area contributed by atoms with Crippen molar-refractivity contribution in [2.24, 2.45) is 7.05 Å². The van der Waals surface area contributed by atoms with Crippen molar-refractivity contribution in [3.05, 3.63) is 65.7 Å². The van der Waals surface area contributed by atoms with Crippen LogP contribution in [0.1, 0.15) is 48.7 Å². The summed E-state index contributed by atoms with van der Waals surface area (Å²) >= 11 is 0. The van der Waals surface area contributed by atoms with E-state index < -0.39 is 0 Å². The first-order valence-corrected chi connectivity index (χ1v) is 11.3. The van der Waals surface area contributed by atoms with Gasteiger partial charge in [0, 0.05) is 30.0 Å². The van der Waals surface area contributed by atoms with Crippen molar-refractivity contribution < 1.29 is 14.1 Å². The predicted octanol–water partition coefficient (Wildman–Crippen LogP) is 4.88.